The van der Waals surface area contributed by atoms with Crippen LogP contribution in [0.25, 0.3) is 0 Å². The summed E-state index contributed by atoms with van der Waals surface area (Å²) >= 11 is 1.21. The molecule has 2 aromatic carbocycles. The number of ether oxygens (including phenoxy) is 2. The molecule has 0 radical (unpaired) electrons. The van der Waals surface area contributed by atoms with E-state index < -0.39 is 0 Å². The van der Waals surface area contributed by atoms with E-state index in [1.165, 1.54) is 33.4 Å². The Morgan fingerprint density at radius 1 is 0.950 bits per heavy atom. The molecule has 0 heterocycles. The SMILES string of the molecule is C=COCCOc1ccc([SH+]c2ccc(C)cc2)cc1. The quantitative estimate of drug-likeness (QED) is 0.334. The highest BCUT2D eigenvalue weighted by Crippen LogP contribution is 2.17. The third-order valence-electron chi connectivity index (χ3n) is 2.72. The van der Waals surface area contributed by atoms with E-state index in [0.717, 1.165) is 5.75 Å². The fourth-order valence-corrected chi connectivity index (χ4v) is 2.57. The van der Waals surface area contributed by atoms with Crippen molar-refractivity contribution in [2.45, 2.75) is 16.7 Å². The molecule has 0 aliphatic carbocycles. The summed E-state index contributed by atoms with van der Waals surface area (Å²) in [5.74, 6) is 0.862. The summed E-state index contributed by atoms with van der Waals surface area (Å²) in [5.41, 5.74) is 1.29. The minimum absolute atomic E-state index is 0.521. The van der Waals surface area contributed by atoms with E-state index in [-0.39, 0.29) is 0 Å². The van der Waals surface area contributed by atoms with Gasteiger partial charge in [-0.25, -0.2) is 0 Å². The van der Waals surface area contributed by atoms with Crippen LogP contribution in [-0.2, 0) is 16.5 Å². The van der Waals surface area contributed by atoms with E-state index in [1.54, 1.807) is 0 Å². The van der Waals surface area contributed by atoms with E-state index in [4.69, 9.17) is 9.47 Å². The second kappa shape index (κ2) is 7.65. The Kier molecular flexibility index (Phi) is 5.56. The average molecular weight is 287 g/mol. The van der Waals surface area contributed by atoms with Crippen LogP contribution in [0.3, 0.4) is 0 Å². The van der Waals surface area contributed by atoms with Crippen LogP contribution in [0.5, 0.6) is 5.75 Å². The molecule has 0 fully saturated rings. The lowest BCUT2D eigenvalue weighted by molar-refractivity contribution is 0.179. The van der Waals surface area contributed by atoms with Crippen LogP contribution in [0.1, 0.15) is 5.56 Å². The normalized spacial score (nSPS) is 10.1. The molecule has 0 unspecified atom stereocenters. The first-order valence-corrected chi connectivity index (χ1v) is 7.41. The zero-order valence-electron chi connectivity index (χ0n) is 11.6. The summed E-state index contributed by atoms with van der Waals surface area (Å²) in [5, 5.41) is 0. The van der Waals surface area contributed by atoms with Crippen molar-refractivity contribution in [3.8, 4) is 5.75 Å². The maximum Gasteiger partial charge on any atom is 0.158 e. The molecule has 0 N–H and O–H groups in total. The van der Waals surface area contributed by atoms with Gasteiger partial charge in [0.05, 0.1) is 6.26 Å². The van der Waals surface area contributed by atoms with Gasteiger partial charge in [-0.15, -0.1) is 0 Å². The number of rotatable bonds is 7. The number of benzene rings is 2. The van der Waals surface area contributed by atoms with Crippen LogP contribution < -0.4 is 4.74 Å². The maximum absolute atomic E-state index is 5.55. The number of thiol groups is 1. The number of aryl methyl sites for hydroxylation is 1. The lowest BCUT2D eigenvalue weighted by Gasteiger charge is -2.05. The summed E-state index contributed by atoms with van der Waals surface area (Å²) in [7, 11) is 0. The van der Waals surface area contributed by atoms with Crippen molar-refractivity contribution in [3.05, 3.63) is 66.9 Å². The van der Waals surface area contributed by atoms with Gasteiger partial charge in [0.15, 0.2) is 9.79 Å². The van der Waals surface area contributed by atoms with Crippen molar-refractivity contribution >= 4 is 11.8 Å². The highest BCUT2D eigenvalue weighted by Gasteiger charge is 2.06. The molecular weight excluding hydrogens is 268 g/mol. The summed E-state index contributed by atoms with van der Waals surface area (Å²) in [6, 6.07) is 16.8. The Hall–Kier alpha value is -1.87. The molecule has 3 heteroatoms. The molecule has 0 saturated carbocycles. The van der Waals surface area contributed by atoms with Crippen molar-refractivity contribution in [1.29, 1.82) is 0 Å². The van der Waals surface area contributed by atoms with Crippen LogP contribution >= 0.6 is 0 Å². The predicted molar refractivity (Wildman–Crippen MR) is 84.6 cm³/mol. The molecule has 0 aromatic heterocycles. The summed E-state index contributed by atoms with van der Waals surface area (Å²) in [4.78, 5) is 2.55. The molecule has 0 aliphatic rings. The average Bonchev–Trinajstić information content (AvgIpc) is 2.48. The Morgan fingerprint density at radius 3 is 2.15 bits per heavy atom. The number of hydrogen-bond donors (Lipinski definition) is 0. The summed E-state index contributed by atoms with van der Waals surface area (Å²) in [6.45, 7) is 6.63. The van der Waals surface area contributed by atoms with Gasteiger partial charge in [-0.05, 0) is 43.3 Å². The van der Waals surface area contributed by atoms with E-state index in [2.05, 4.69) is 49.9 Å². The molecule has 20 heavy (non-hydrogen) atoms. The summed E-state index contributed by atoms with van der Waals surface area (Å²) < 4.78 is 10.6. The van der Waals surface area contributed by atoms with Crippen molar-refractivity contribution in [2.75, 3.05) is 13.2 Å². The molecule has 104 valence electrons. The van der Waals surface area contributed by atoms with Crippen LogP contribution in [0.2, 0.25) is 0 Å². The minimum atomic E-state index is 0.521. The highest BCUT2D eigenvalue weighted by atomic mass is 32.2. The van der Waals surface area contributed by atoms with Crippen LogP contribution in [0.4, 0.5) is 0 Å². The standard InChI is InChI=1S/C17H18O2S/c1-3-18-12-13-19-15-6-10-17(11-7-15)20-16-8-4-14(2)5-9-16/h3-11H,1,12-13H2,2H3/p+1. The smallest absolute Gasteiger partial charge is 0.158 e. The van der Waals surface area contributed by atoms with Gasteiger partial charge in [0.2, 0.25) is 0 Å². The lowest BCUT2D eigenvalue weighted by Crippen LogP contribution is -2.03. The zero-order valence-corrected chi connectivity index (χ0v) is 12.5. The minimum Gasteiger partial charge on any atom is -0.498 e. The first-order chi connectivity index (χ1) is 9.78. The van der Waals surface area contributed by atoms with Gasteiger partial charge >= 0.3 is 0 Å². The van der Waals surface area contributed by atoms with Crippen LogP contribution in [-0.4, -0.2) is 13.2 Å². The topological polar surface area (TPSA) is 18.5 Å². The zero-order chi connectivity index (χ0) is 14.2. The van der Waals surface area contributed by atoms with E-state index in [9.17, 15) is 0 Å². The van der Waals surface area contributed by atoms with Gasteiger partial charge in [-0.2, -0.15) is 0 Å². The van der Waals surface area contributed by atoms with Gasteiger partial charge in [0, 0.05) is 11.8 Å². The number of hydrogen-bond acceptors (Lipinski definition) is 2. The fourth-order valence-electron chi connectivity index (χ4n) is 1.68. The third kappa shape index (κ3) is 4.67. The molecule has 2 nitrogen and oxygen atoms in total. The second-order valence-corrected chi connectivity index (χ2v) is 5.58. The predicted octanol–water partition coefficient (Wildman–Crippen LogP) is 3.77. The summed E-state index contributed by atoms with van der Waals surface area (Å²) in [6.07, 6.45) is 1.42. The van der Waals surface area contributed by atoms with Gasteiger partial charge in [-0.1, -0.05) is 24.3 Å². The van der Waals surface area contributed by atoms with E-state index in [1.807, 2.05) is 12.1 Å². The van der Waals surface area contributed by atoms with Gasteiger partial charge < -0.3 is 9.47 Å². The Balaban J connectivity index is 1.87. The van der Waals surface area contributed by atoms with Gasteiger partial charge in [-0.3, -0.25) is 0 Å². The molecule has 2 rings (SSSR count). The highest BCUT2D eigenvalue weighted by molar-refractivity contribution is 7.78. The monoisotopic (exact) mass is 287 g/mol. The molecule has 0 aliphatic heterocycles. The van der Waals surface area contributed by atoms with Gasteiger partial charge in [0.25, 0.3) is 0 Å². The molecule has 0 atom stereocenters. The molecule has 0 spiro atoms. The maximum atomic E-state index is 5.55. The second-order valence-electron chi connectivity index (χ2n) is 4.33. The van der Waals surface area contributed by atoms with Crippen molar-refractivity contribution < 1.29 is 9.47 Å². The lowest BCUT2D eigenvalue weighted by atomic mass is 10.2. The third-order valence-corrected chi connectivity index (χ3v) is 3.83. The van der Waals surface area contributed by atoms with Gasteiger partial charge in [0.1, 0.15) is 19.0 Å². The van der Waals surface area contributed by atoms with E-state index >= 15 is 0 Å². The van der Waals surface area contributed by atoms with Crippen molar-refractivity contribution in [2.24, 2.45) is 0 Å². The molecule has 0 bridgehead atoms. The molecule has 0 amide bonds. The van der Waals surface area contributed by atoms with E-state index in [0.29, 0.717) is 13.2 Å². The first-order valence-electron chi connectivity index (χ1n) is 6.52. The molecular formula is C17H19O2S+. The molecule has 0 saturated heterocycles. The van der Waals surface area contributed by atoms with Crippen LogP contribution in [0.15, 0.2) is 71.2 Å². The van der Waals surface area contributed by atoms with Crippen LogP contribution in [0, 0.1) is 6.92 Å². The first kappa shape index (κ1) is 14.5. The Labute approximate surface area is 124 Å². The van der Waals surface area contributed by atoms with Crippen molar-refractivity contribution in [1.82, 2.24) is 0 Å². The largest absolute Gasteiger partial charge is 0.498 e. The van der Waals surface area contributed by atoms with Crippen molar-refractivity contribution in [3.63, 3.8) is 0 Å². The fraction of sp³-hybridized carbons (Fsp3) is 0.176. The Morgan fingerprint density at radius 2 is 1.55 bits per heavy atom. The Bertz CT molecular complexity index is 532. The molecule has 2 aromatic rings.